The number of amides is 2. The van der Waals surface area contributed by atoms with Crippen LogP contribution in [0.15, 0.2) is 45.7 Å². The van der Waals surface area contributed by atoms with Gasteiger partial charge in [0.25, 0.3) is 5.91 Å². The molecule has 5 rings (SSSR count). The molecule has 6 nitrogen and oxygen atoms in total. The number of allylic oxidation sites excluding steroid dienone is 1. The Balaban J connectivity index is 1.38. The second-order valence-electron chi connectivity index (χ2n) is 8.82. The van der Waals surface area contributed by atoms with Gasteiger partial charge in [-0.3, -0.25) is 14.5 Å². The van der Waals surface area contributed by atoms with E-state index in [9.17, 15) is 9.59 Å². The molecule has 0 spiro atoms. The smallest absolute Gasteiger partial charge is 0.257 e. The molecule has 2 aromatic rings. The van der Waals surface area contributed by atoms with Gasteiger partial charge in [-0.05, 0) is 79.7 Å². The number of fused-ring (bicyclic) bond motifs is 1. The standard InChI is InChI=1S/C24H28N4O2S2/c25-24(30)16-8-10-27(11-9-16)15-21(29)28-23(20-7-3-13-32-20)19-6-1-4-17(22(19)26-28)14-18-5-2-12-31-18/h2-3,5,7,12-14,16,19,23H,1,4,6,8-11,15H2,(H2,25,30). The molecule has 4 heterocycles. The number of primary amides is 1. The predicted molar refractivity (Wildman–Crippen MR) is 129 cm³/mol. The molecule has 3 aliphatic rings. The van der Waals surface area contributed by atoms with E-state index in [1.54, 1.807) is 27.7 Å². The molecule has 2 aromatic heterocycles. The van der Waals surface area contributed by atoms with Gasteiger partial charge in [0.1, 0.15) is 0 Å². The summed E-state index contributed by atoms with van der Waals surface area (Å²) >= 11 is 3.44. The predicted octanol–water partition coefficient (Wildman–Crippen LogP) is 4.13. The van der Waals surface area contributed by atoms with Crippen LogP contribution in [-0.2, 0) is 9.59 Å². The van der Waals surface area contributed by atoms with Crippen LogP contribution in [0, 0.1) is 11.8 Å². The van der Waals surface area contributed by atoms with Crippen molar-refractivity contribution in [3.8, 4) is 0 Å². The largest absolute Gasteiger partial charge is 0.369 e. The number of carbonyl (C=O) groups is 2. The van der Waals surface area contributed by atoms with Crippen LogP contribution in [0.2, 0.25) is 0 Å². The topological polar surface area (TPSA) is 79.0 Å². The zero-order valence-corrected chi connectivity index (χ0v) is 19.6. The Morgan fingerprint density at radius 3 is 2.59 bits per heavy atom. The molecular formula is C24H28N4O2S2. The molecule has 2 amide bonds. The Morgan fingerprint density at radius 1 is 1.12 bits per heavy atom. The van der Waals surface area contributed by atoms with Crippen molar-refractivity contribution in [2.24, 2.45) is 22.7 Å². The number of likely N-dealkylation sites (tertiary alicyclic amines) is 1. The number of piperidine rings is 1. The lowest BCUT2D eigenvalue weighted by atomic mass is 9.79. The normalized spacial score (nSPS) is 25.7. The lowest BCUT2D eigenvalue weighted by Gasteiger charge is -2.32. The molecule has 0 aromatic carbocycles. The molecule has 2 unspecified atom stereocenters. The highest BCUT2D eigenvalue weighted by atomic mass is 32.1. The first-order chi connectivity index (χ1) is 15.6. The van der Waals surface area contributed by atoms with Gasteiger partial charge < -0.3 is 5.73 Å². The van der Waals surface area contributed by atoms with Gasteiger partial charge in [0.15, 0.2) is 0 Å². The summed E-state index contributed by atoms with van der Waals surface area (Å²) in [6.45, 7) is 1.78. The summed E-state index contributed by atoms with van der Waals surface area (Å²) in [5.41, 5.74) is 7.81. The second-order valence-corrected chi connectivity index (χ2v) is 10.8. The fourth-order valence-electron chi connectivity index (χ4n) is 5.13. The third-order valence-corrected chi connectivity index (χ3v) is 8.56. The Kier molecular flexibility index (Phi) is 6.26. The monoisotopic (exact) mass is 468 g/mol. The summed E-state index contributed by atoms with van der Waals surface area (Å²) in [7, 11) is 0. The number of nitrogens with two attached hydrogens (primary N) is 1. The van der Waals surface area contributed by atoms with Crippen molar-refractivity contribution in [2.75, 3.05) is 19.6 Å². The molecule has 0 bridgehead atoms. The van der Waals surface area contributed by atoms with Crippen LogP contribution in [0.5, 0.6) is 0 Å². The first-order valence-corrected chi connectivity index (χ1v) is 13.1. The lowest BCUT2D eigenvalue weighted by molar-refractivity contribution is -0.135. The molecule has 1 aliphatic carbocycles. The Hall–Kier alpha value is -2.29. The van der Waals surface area contributed by atoms with Gasteiger partial charge in [0, 0.05) is 21.6 Å². The molecule has 2 N–H and O–H groups in total. The van der Waals surface area contributed by atoms with Crippen molar-refractivity contribution >= 4 is 46.3 Å². The van der Waals surface area contributed by atoms with E-state index in [-0.39, 0.29) is 29.7 Å². The molecular weight excluding hydrogens is 440 g/mol. The quantitative estimate of drug-likeness (QED) is 0.717. The van der Waals surface area contributed by atoms with Crippen molar-refractivity contribution in [1.82, 2.24) is 9.91 Å². The van der Waals surface area contributed by atoms with E-state index in [0.717, 1.165) is 50.9 Å². The molecule has 2 atom stereocenters. The average molecular weight is 469 g/mol. The summed E-state index contributed by atoms with van der Waals surface area (Å²) in [5, 5.41) is 10.9. The van der Waals surface area contributed by atoms with Crippen LogP contribution in [0.4, 0.5) is 0 Å². The van der Waals surface area contributed by atoms with Crippen molar-refractivity contribution < 1.29 is 9.59 Å². The molecule has 8 heteroatoms. The van der Waals surface area contributed by atoms with Crippen molar-refractivity contribution in [3.05, 3.63) is 50.4 Å². The summed E-state index contributed by atoms with van der Waals surface area (Å²) in [6.07, 6.45) is 6.88. The van der Waals surface area contributed by atoms with E-state index in [4.69, 9.17) is 10.8 Å². The summed E-state index contributed by atoms with van der Waals surface area (Å²) in [6, 6.07) is 8.36. The Morgan fingerprint density at radius 2 is 1.91 bits per heavy atom. The van der Waals surface area contributed by atoms with E-state index < -0.39 is 0 Å². The van der Waals surface area contributed by atoms with Crippen LogP contribution in [-0.4, -0.2) is 47.1 Å². The van der Waals surface area contributed by atoms with Crippen LogP contribution in [0.25, 0.3) is 6.08 Å². The van der Waals surface area contributed by atoms with Crippen LogP contribution >= 0.6 is 22.7 Å². The lowest BCUT2D eigenvalue weighted by Crippen LogP contribution is -2.44. The zero-order chi connectivity index (χ0) is 22.1. The molecule has 2 aliphatic heterocycles. The minimum atomic E-state index is -0.228. The van der Waals surface area contributed by atoms with Gasteiger partial charge in [0.05, 0.1) is 18.3 Å². The molecule has 2 fully saturated rings. The minimum Gasteiger partial charge on any atom is -0.369 e. The van der Waals surface area contributed by atoms with Gasteiger partial charge in [0.2, 0.25) is 5.91 Å². The molecule has 168 valence electrons. The van der Waals surface area contributed by atoms with Crippen LogP contribution < -0.4 is 5.73 Å². The summed E-state index contributed by atoms with van der Waals surface area (Å²) < 4.78 is 0. The van der Waals surface area contributed by atoms with Crippen molar-refractivity contribution in [3.63, 3.8) is 0 Å². The second kappa shape index (κ2) is 9.29. The highest BCUT2D eigenvalue weighted by Crippen LogP contribution is 2.45. The van der Waals surface area contributed by atoms with Gasteiger partial charge in [-0.1, -0.05) is 12.1 Å². The van der Waals surface area contributed by atoms with Crippen molar-refractivity contribution in [2.45, 2.75) is 38.1 Å². The summed E-state index contributed by atoms with van der Waals surface area (Å²) in [4.78, 5) is 29.5. The molecule has 1 saturated heterocycles. The highest BCUT2D eigenvalue weighted by Gasteiger charge is 2.44. The van der Waals surface area contributed by atoms with Gasteiger partial charge in [-0.15, -0.1) is 22.7 Å². The Labute approximate surface area is 196 Å². The first kappa shape index (κ1) is 21.6. The van der Waals surface area contributed by atoms with Gasteiger partial charge >= 0.3 is 0 Å². The van der Waals surface area contributed by atoms with E-state index in [1.165, 1.54) is 15.3 Å². The third kappa shape index (κ3) is 4.31. The molecule has 32 heavy (non-hydrogen) atoms. The fourth-order valence-corrected chi connectivity index (χ4v) is 6.69. The SMILES string of the molecule is NC(=O)C1CCN(CC(=O)N2N=C3C(=Cc4cccs4)CCCC3C2c2cccs2)CC1. The number of hydrogen-bond donors (Lipinski definition) is 1. The maximum absolute atomic E-state index is 13.5. The van der Waals surface area contributed by atoms with Gasteiger partial charge in [-0.2, -0.15) is 5.10 Å². The van der Waals surface area contributed by atoms with Crippen LogP contribution in [0.3, 0.4) is 0 Å². The van der Waals surface area contributed by atoms with Crippen LogP contribution in [0.1, 0.15) is 47.9 Å². The maximum atomic E-state index is 13.5. The first-order valence-electron chi connectivity index (χ1n) is 11.3. The van der Waals surface area contributed by atoms with E-state index in [1.807, 2.05) is 0 Å². The number of carbonyl (C=O) groups excluding carboxylic acids is 2. The number of rotatable bonds is 5. The van der Waals surface area contributed by atoms with E-state index in [2.05, 4.69) is 46.0 Å². The Bertz CT molecular complexity index is 1020. The number of hydrogen-bond acceptors (Lipinski definition) is 6. The fraction of sp³-hybridized carbons (Fsp3) is 0.458. The van der Waals surface area contributed by atoms with Gasteiger partial charge in [-0.25, -0.2) is 5.01 Å². The summed E-state index contributed by atoms with van der Waals surface area (Å²) in [5.74, 6) is -0.00895. The number of nitrogens with zero attached hydrogens (tertiary/aromatic N) is 3. The van der Waals surface area contributed by atoms with Crippen molar-refractivity contribution in [1.29, 1.82) is 0 Å². The average Bonchev–Trinajstić information content (AvgIpc) is 3.55. The van der Waals surface area contributed by atoms with E-state index >= 15 is 0 Å². The van der Waals surface area contributed by atoms with E-state index in [0.29, 0.717) is 6.54 Å². The third-order valence-electron chi connectivity index (χ3n) is 6.80. The number of thiophene rings is 2. The highest BCUT2D eigenvalue weighted by molar-refractivity contribution is 7.11. The zero-order valence-electron chi connectivity index (χ0n) is 18.0. The molecule has 0 radical (unpaired) electrons. The maximum Gasteiger partial charge on any atom is 0.257 e. The minimum absolute atomic E-state index is 0.0207. The number of hydrazone groups is 1. The molecule has 1 saturated carbocycles.